The predicted octanol–water partition coefficient (Wildman–Crippen LogP) is 0.946. The number of anilines is 1. The third-order valence-electron chi connectivity index (χ3n) is 5.03. The first kappa shape index (κ1) is 17.7. The van der Waals surface area contributed by atoms with Crippen LogP contribution in [0.1, 0.15) is 55.9 Å². The highest BCUT2D eigenvalue weighted by atomic mass is 16.5. The molecule has 8 heteroatoms. The molecule has 1 atom stereocenters. The maximum atomic E-state index is 12.2. The smallest absolute Gasteiger partial charge is 0.343 e. The van der Waals surface area contributed by atoms with Crippen molar-refractivity contribution in [2.24, 2.45) is 0 Å². The van der Waals surface area contributed by atoms with E-state index in [0.29, 0.717) is 24.0 Å². The highest BCUT2D eigenvalue weighted by Gasteiger charge is 2.31. The summed E-state index contributed by atoms with van der Waals surface area (Å²) in [6, 6.07) is 0.405. The van der Waals surface area contributed by atoms with Crippen molar-refractivity contribution in [2.75, 3.05) is 25.4 Å². The fourth-order valence-electron chi connectivity index (χ4n) is 3.26. The number of nitrogens with two attached hydrogens (primary N) is 1. The van der Waals surface area contributed by atoms with Gasteiger partial charge in [0.25, 0.3) is 0 Å². The second kappa shape index (κ2) is 7.43. The minimum atomic E-state index is -0.436. The van der Waals surface area contributed by atoms with Gasteiger partial charge in [-0.3, -0.25) is 9.69 Å². The molecule has 138 valence electrons. The predicted molar refractivity (Wildman–Crippen MR) is 93.1 cm³/mol. The Labute approximate surface area is 147 Å². The van der Waals surface area contributed by atoms with Gasteiger partial charge in [-0.1, -0.05) is 0 Å². The van der Waals surface area contributed by atoms with Crippen molar-refractivity contribution in [1.29, 1.82) is 0 Å². The average molecular weight is 349 g/mol. The summed E-state index contributed by atoms with van der Waals surface area (Å²) in [5.74, 6) is 0.0367. The second-order valence-electron chi connectivity index (χ2n) is 6.83. The molecular weight excluding hydrogens is 322 g/mol. The van der Waals surface area contributed by atoms with E-state index >= 15 is 0 Å². The van der Waals surface area contributed by atoms with Crippen LogP contribution in [0.4, 0.5) is 5.82 Å². The fourth-order valence-corrected chi connectivity index (χ4v) is 3.26. The van der Waals surface area contributed by atoms with E-state index in [4.69, 9.17) is 10.5 Å². The van der Waals surface area contributed by atoms with Gasteiger partial charge in [0.1, 0.15) is 11.4 Å². The first-order chi connectivity index (χ1) is 12.0. The Hall–Kier alpha value is -2.09. The number of hydrogen-bond donors (Lipinski definition) is 2. The van der Waals surface area contributed by atoms with Crippen LogP contribution >= 0.6 is 0 Å². The lowest BCUT2D eigenvalue weighted by molar-refractivity contribution is -0.126. The molecule has 1 unspecified atom stereocenters. The number of nitrogens with zero attached hydrogens (tertiary/aromatic N) is 3. The molecule has 1 aliphatic heterocycles. The number of esters is 1. The van der Waals surface area contributed by atoms with Gasteiger partial charge in [-0.25, -0.2) is 9.48 Å². The van der Waals surface area contributed by atoms with E-state index in [9.17, 15) is 9.59 Å². The van der Waals surface area contributed by atoms with Gasteiger partial charge in [-0.05, 0) is 39.5 Å². The van der Waals surface area contributed by atoms with Crippen LogP contribution in [-0.4, -0.2) is 58.3 Å². The van der Waals surface area contributed by atoms with Gasteiger partial charge < -0.3 is 15.8 Å². The molecule has 3 N–H and O–H groups in total. The maximum absolute atomic E-state index is 12.2. The van der Waals surface area contributed by atoms with Crippen LogP contribution in [0, 0.1) is 0 Å². The summed E-state index contributed by atoms with van der Waals surface area (Å²) in [5, 5.41) is 7.35. The van der Waals surface area contributed by atoms with Crippen molar-refractivity contribution in [3.8, 4) is 0 Å². The van der Waals surface area contributed by atoms with E-state index in [1.165, 1.54) is 6.20 Å². The molecule has 2 aliphatic rings. The minimum absolute atomic E-state index is 0.115. The molecule has 25 heavy (non-hydrogen) atoms. The Morgan fingerprint density at radius 3 is 2.64 bits per heavy atom. The number of carbonyl (C=O) groups is 2. The molecule has 1 saturated heterocycles. The molecule has 2 fully saturated rings. The van der Waals surface area contributed by atoms with Gasteiger partial charge in [-0.2, -0.15) is 5.10 Å². The zero-order chi connectivity index (χ0) is 18.0. The maximum Gasteiger partial charge on any atom is 0.343 e. The highest BCUT2D eigenvalue weighted by Crippen LogP contribution is 2.27. The largest absolute Gasteiger partial charge is 0.462 e. The lowest BCUT2D eigenvalue weighted by Gasteiger charge is -2.35. The van der Waals surface area contributed by atoms with Gasteiger partial charge in [0.15, 0.2) is 0 Å². The summed E-state index contributed by atoms with van der Waals surface area (Å²) in [5.41, 5.74) is 6.41. The van der Waals surface area contributed by atoms with Crippen molar-refractivity contribution in [3.05, 3.63) is 11.8 Å². The molecule has 0 radical (unpaired) electrons. The standard InChI is InChI=1S/C17H27N5O3/c1-3-25-17(24)14-10-19-22(15(14)18)13-6-8-21(9-7-13)11(2)16(23)20-12-4-5-12/h10-13H,3-9,18H2,1-2H3,(H,20,23). The molecule has 1 aliphatic carbocycles. The van der Waals surface area contributed by atoms with Crippen LogP contribution in [0.3, 0.4) is 0 Å². The molecular formula is C17H27N5O3. The van der Waals surface area contributed by atoms with Crippen LogP contribution in [0.2, 0.25) is 0 Å². The van der Waals surface area contributed by atoms with Crippen LogP contribution in [0.5, 0.6) is 0 Å². The molecule has 2 heterocycles. The van der Waals surface area contributed by atoms with E-state index in [-0.39, 0.29) is 18.0 Å². The molecule has 0 aromatic carbocycles. The van der Waals surface area contributed by atoms with Crippen LogP contribution in [-0.2, 0) is 9.53 Å². The number of amides is 1. The summed E-state index contributed by atoms with van der Waals surface area (Å²) in [7, 11) is 0. The van der Waals surface area contributed by atoms with Crippen molar-refractivity contribution < 1.29 is 14.3 Å². The average Bonchev–Trinajstić information content (AvgIpc) is 3.34. The number of nitrogens with one attached hydrogen (secondary N) is 1. The minimum Gasteiger partial charge on any atom is -0.462 e. The number of hydrogen-bond acceptors (Lipinski definition) is 6. The summed E-state index contributed by atoms with van der Waals surface area (Å²) in [6.07, 6.45) is 5.36. The second-order valence-corrected chi connectivity index (χ2v) is 6.83. The number of piperidine rings is 1. The van der Waals surface area contributed by atoms with Crippen LogP contribution < -0.4 is 11.1 Å². The summed E-state index contributed by atoms with van der Waals surface area (Å²) < 4.78 is 6.72. The number of likely N-dealkylation sites (tertiary alicyclic amines) is 1. The van der Waals surface area contributed by atoms with Crippen molar-refractivity contribution >= 4 is 17.7 Å². The summed E-state index contributed by atoms with van der Waals surface area (Å²) in [4.78, 5) is 26.3. The number of rotatable bonds is 6. The van der Waals surface area contributed by atoms with E-state index in [0.717, 1.165) is 38.8 Å². The SMILES string of the molecule is CCOC(=O)c1cnn(C2CCN(C(C)C(=O)NC3CC3)CC2)c1N. The molecule has 1 aromatic rings. The Morgan fingerprint density at radius 2 is 2.04 bits per heavy atom. The Morgan fingerprint density at radius 1 is 1.36 bits per heavy atom. The van der Waals surface area contributed by atoms with Gasteiger partial charge in [0.05, 0.1) is 24.9 Å². The Balaban J connectivity index is 1.57. The van der Waals surface area contributed by atoms with Gasteiger partial charge in [-0.15, -0.1) is 0 Å². The zero-order valence-corrected chi connectivity index (χ0v) is 14.9. The molecule has 0 bridgehead atoms. The van der Waals surface area contributed by atoms with Crippen LogP contribution in [0.15, 0.2) is 6.20 Å². The number of aromatic nitrogens is 2. The molecule has 8 nitrogen and oxygen atoms in total. The molecule has 3 rings (SSSR count). The van der Waals surface area contributed by atoms with Gasteiger partial charge in [0.2, 0.25) is 5.91 Å². The lowest BCUT2D eigenvalue weighted by Crippen LogP contribution is -2.49. The van der Waals surface area contributed by atoms with E-state index in [2.05, 4.69) is 15.3 Å². The van der Waals surface area contributed by atoms with Crippen molar-refractivity contribution in [2.45, 2.75) is 57.7 Å². The van der Waals surface area contributed by atoms with Gasteiger partial charge >= 0.3 is 5.97 Å². The topological polar surface area (TPSA) is 102 Å². The lowest BCUT2D eigenvalue weighted by atomic mass is 10.0. The number of ether oxygens (including phenoxy) is 1. The van der Waals surface area contributed by atoms with Crippen molar-refractivity contribution in [3.63, 3.8) is 0 Å². The van der Waals surface area contributed by atoms with Crippen LogP contribution in [0.25, 0.3) is 0 Å². The quantitative estimate of drug-likeness (QED) is 0.741. The Kier molecular flexibility index (Phi) is 5.27. The molecule has 1 saturated carbocycles. The van der Waals surface area contributed by atoms with E-state index in [1.54, 1.807) is 11.6 Å². The van der Waals surface area contributed by atoms with Crippen molar-refractivity contribution in [1.82, 2.24) is 20.0 Å². The summed E-state index contributed by atoms with van der Waals surface area (Å²) in [6.45, 7) is 5.63. The number of carbonyl (C=O) groups excluding carboxylic acids is 2. The third-order valence-corrected chi connectivity index (χ3v) is 5.03. The summed E-state index contributed by atoms with van der Waals surface area (Å²) >= 11 is 0. The first-order valence-corrected chi connectivity index (χ1v) is 9.05. The fraction of sp³-hybridized carbons (Fsp3) is 0.706. The molecule has 1 aromatic heterocycles. The third kappa shape index (κ3) is 3.95. The monoisotopic (exact) mass is 349 g/mol. The molecule has 1 amide bonds. The van der Waals surface area contributed by atoms with E-state index < -0.39 is 5.97 Å². The highest BCUT2D eigenvalue weighted by molar-refractivity contribution is 5.94. The first-order valence-electron chi connectivity index (χ1n) is 9.05. The molecule has 0 spiro atoms. The normalized spacial score (nSPS) is 20.2. The number of nitrogen functional groups attached to an aromatic ring is 1. The van der Waals surface area contributed by atoms with E-state index in [1.807, 2.05) is 6.92 Å². The Bertz CT molecular complexity index is 632. The zero-order valence-electron chi connectivity index (χ0n) is 14.9. The van der Waals surface area contributed by atoms with Gasteiger partial charge in [0, 0.05) is 19.1 Å².